The van der Waals surface area contributed by atoms with Crippen molar-refractivity contribution < 1.29 is 4.74 Å². The lowest BCUT2D eigenvalue weighted by atomic mass is 10.3. The third-order valence-corrected chi connectivity index (χ3v) is 3.85. The Morgan fingerprint density at radius 1 is 1.09 bits per heavy atom. The first-order chi connectivity index (χ1) is 10.9. The van der Waals surface area contributed by atoms with E-state index in [0.29, 0.717) is 6.61 Å². The molecule has 0 aliphatic carbocycles. The molecule has 0 unspecified atom stereocenters. The number of hydrogen-bond donors (Lipinski definition) is 1. The molecule has 3 aromatic rings. The van der Waals surface area contributed by atoms with Crippen LogP contribution in [0, 0.1) is 0 Å². The smallest absolute Gasteiger partial charge is 0.227 e. The number of aromatic amines is 1. The molecular formula is C16H17N5O. The average molecular weight is 295 g/mol. The fraction of sp³-hybridized carbons (Fsp3) is 0.312. The molecule has 2 aromatic heterocycles. The van der Waals surface area contributed by atoms with E-state index >= 15 is 0 Å². The number of ether oxygens (including phenoxy) is 1. The van der Waals surface area contributed by atoms with Gasteiger partial charge in [0.1, 0.15) is 23.6 Å². The second-order valence-electron chi connectivity index (χ2n) is 5.37. The second kappa shape index (κ2) is 5.63. The zero-order valence-corrected chi connectivity index (χ0v) is 12.2. The van der Waals surface area contributed by atoms with Gasteiger partial charge in [-0.3, -0.25) is 0 Å². The van der Waals surface area contributed by atoms with E-state index < -0.39 is 0 Å². The van der Waals surface area contributed by atoms with E-state index in [1.807, 2.05) is 30.3 Å². The molecular weight excluding hydrogens is 278 g/mol. The van der Waals surface area contributed by atoms with Crippen LogP contribution in [-0.4, -0.2) is 33.0 Å². The monoisotopic (exact) mass is 295 g/mol. The first-order valence-electron chi connectivity index (χ1n) is 7.53. The highest BCUT2D eigenvalue weighted by Crippen LogP contribution is 2.21. The van der Waals surface area contributed by atoms with E-state index in [-0.39, 0.29) is 0 Å². The van der Waals surface area contributed by atoms with Crippen LogP contribution in [0.25, 0.3) is 11.2 Å². The quantitative estimate of drug-likeness (QED) is 0.801. The van der Waals surface area contributed by atoms with E-state index in [2.05, 4.69) is 24.8 Å². The predicted octanol–water partition coefficient (Wildman–Crippen LogP) is 2.53. The lowest BCUT2D eigenvalue weighted by Crippen LogP contribution is -2.21. The van der Waals surface area contributed by atoms with Crippen molar-refractivity contribution in [3.8, 4) is 5.75 Å². The SMILES string of the molecule is c1ccc(OCc2nc(N3CCCC3)nc3[nH]cnc23)cc1. The molecule has 22 heavy (non-hydrogen) atoms. The highest BCUT2D eigenvalue weighted by molar-refractivity contribution is 5.74. The van der Waals surface area contributed by atoms with Gasteiger partial charge in [-0.1, -0.05) is 18.2 Å². The standard InChI is InChI=1S/C16H17N5O/c1-2-6-12(7-3-1)22-10-13-14-15(18-11-17-14)20-16(19-13)21-8-4-5-9-21/h1-3,6-7,11H,4-5,8-10H2,(H,17,18,19,20). The van der Waals surface area contributed by atoms with Crippen LogP contribution >= 0.6 is 0 Å². The lowest BCUT2D eigenvalue weighted by Gasteiger charge is -2.16. The molecule has 4 rings (SSSR count). The zero-order chi connectivity index (χ0) is 14.8. The van der Waals surface area contributed by atoms with Gasteiger partial charge in [0.25, 0.3) is 0 Å². The van der Waals surface area contributed by atoms with Crippen molar-refractivity contribution in [2.75, 3.05) is 18.0 Å². The molecule has 0 atom stereocenters. The van der Waals surface area contributed by atoms with Gasteiger partial charge in [0.15, 0.2) is 5.65 Å². The number of nitrogens with one attached hydrogen (secondary N) is 1. The summed E-state index contributed by atoms with van der Waals surface area (Å²) in [5.41, 5.74) is 2.36. The minimum atomic E-state index is 0.384. The molecule has 1 fully saturated rings. The number of anilines is 1. The second-order valence-corrected chi connectivity index (χ2v) is 5.37. The first-order valence-corrected chi connectivity index (χ1v) is 7.53. The van der Waals surface area contributed by atoms with Gasteiger partial charge in [-0.05, 0) is 25.0 Å². The zero-order valence-electron chi connectivity index (χ0n) is 12.2. The maximum absolute atomic E-state index is 5.82. The van der Waals surface area contributed by atoms with Crippen molar-refractivity contribution in [1.82, 2.24) is 19.9 Å². The van der Waals surface area contributed by atoms with Crippen molar-refractivity contribution in [1.29, 1.82) is 0 Å². The molecule has 0 spiro atoms. The van der Waals surface area contributed by atoms with Gasteiger partial charge in [0.2, 0.25) is 5.95 Å². The molecule has 3 heterocycles. The summed E-state index contributed by atoms with van der Waals surface area (Å²) in [6.07, 6.45) is 4.04. The van der Waals surface area contributed by atoms with Crippen LogP contribution in [0.4, 0.5) is 5.95 Å². The summed E-state index contributed by atoms with van der Waals surface area (Å²) in [6.45, 7) is 2.41. The minimum absolute atomic E-state index is 0.384. The van der Waals surface area contributed by atoms with Crippen LogP contribution in [0.15, 0.2) is 36.7 Å². The Morgan fingerprint density at radius 2 is 1.91 bits per heavy atom. The molecule has 0 saturated carbocycles. The largest absolute Gasteiger partial charge is 0.487 e. The van der Waals surface area contributed by atoms with Gasteiger partial charge in [-0.15, -0.1) is 0 Å². The van der Waals surface area contributed by atoms with Crippen LogP contribution < -0.4 is 9.64 Å². The fourth-order valence-electron chi connectivity index (χ4n) is 2.71. The van der Waals surface area contributed by atoms with Crippen LogP contribution in [0.5, 0.6) is 5.75 Å². The molecule has 1 saturated heterocycles. The minimum Gasteiger partial charge on any atom is -0.487 e. The summed E-state index contributed by atoms with van der Waals surface area (Å²) in [4.78, 5) is 18.9. The summed E-state index contributed by atoms with van der Waals surface area (Å²) in [6, 6.07) is 9.74. The highest BCUT2D eigenvalue weighted by atomic mass is 16.5. The van der Waals surface area contributed by atoms with Crippen LogP contribution in [0.3, 0.4) is 0 Å². The topological polar surface area (TPSA) is 66.9 Å². The Labute approximate surface area is 128 Å². The van der Waals surface area contributed by atoms with Gasteiger partial charge in [-0.2, -0.15) is 4.98 Å². The predicted molar refractivity (Wildman–Crippen MR) is 83.9 cm³/mol. The molecule has 1 N–H and O–H groups in total. The van der Waals surface area contributed by atoms with Crippen molar-refractivity contribution >= 4 is 17.1 Å². The fourth-order valence-corrected chi connectivity index (χ4v) is 2.71. The molecule has 0 bridgehead atoms. The molecule has 6 nitrogen and oxygen atoms in total. The molecule has 112 valence electrons. The van der Waals surface area contributed by atoms with Crippen LogP contribution in [0.2, 0.25) is 0 Å². The molecule has 0 amide bonds. The summed E-state index contributed by atoms with van der Waals surface area (Å²) in [5, 5.41) is 0. The number of imidazole rings is 1. The number of hydrogen-bond acceptors (Lipinski definition) is 5. The van der Waals surface area contributed by atoms with Gasteiger partial charge >= 0.3 is 0 Å². The van der Waals surface area contributed by atoms with E-state index in [9.17, 15) is 0 Å². The number of rotatable bonds is 4. The molecule has 1 aliphatic rings. The van der Waals surface area contributed by atoms with Crippen molar-refractivity contribution in [2.45, 2.75) is 19.4 Å². The van der Waals surface area contributed by atoms with E-state index in [0.717, 1.165) is 41.6 Å². The number of para-hydroxylation sites is 1. The van der Waals surface area contributed by atoms with Gasteiger partial charge < -0.3 is 14.6 Å². The van der Waals surface area contributed by atoms with Gasteiger partial charge in [0, 0.05) is 13.1 Å². The summed E-state index contributed by atoms with van der Waals surface area (Å²) >= 11 is 0. The maximum Gasteiger partial charge on any atom is 0.227 e. The van der Waals surface area contributed by atoms with Crippen LogP contribution in [0.1, 0.15) is 18.5 Å². The Hall–Kier alpha value is -2.63. The third kappa shape index (κ3) is 2.47. The molecule has 6 heteroatoms. The van der Waals surface area contributed by atoms with Crippen LogP contribution in [-0.2, 0) is 6.61 Å². The Balaban J connectivity index is 1.64. The molecule has 1 aromatic carbocycles. The van der Waals surface area contributed by atoms with E-state index in [1.165, 1.54) is 12.8 Å². The van der Waals surface area contributed by atoms with E-state index in [4.69, 9.17) is 4.74 Å². The van der Waals surface area contributed by atoms with Crippen molar-refractivity contribution in [3.05, 3.63) is 42.4 Å². The Kier molecular flexibility index (Phi) is 3.34. The van der Waals surface area contributed by atoms with Crippen molar-refractivity contribution in [3.63, 3.8) is 0 Å². The number of H-pyrrole nitrogens is 1. The average Bonchev–Trinajstić information content (AvgIpc) is 3.24. The lowest BCUT2D eigenvalue weighted by molar-refractivity contribution is 0.302. The normalized spacial score (nSPS) is 14.6. The summed E-state index contributed by atoms with van der Waals surface area (Å²) in [7, 11) is 0. The Bertz CT molecular complexity index is 765. The number of aromatic nitrogens is 4. The highest BCUT2D eigenvalue weighted by Gasteiger charge is 2.18. The molecule has 0 radical (unpaired) electrons. The summed E-state index contributed by atoms with van der Waals surface area (Å²) < 4.78 is 5.82. The number of nitrogens with zero attached hydrogens (tertiary/aromatic N) is 4. The maximum atomic E-state index is 5.82. The number of benzene rings is 1. The molecule has 1 aliphatic heterocycles. The van der Waals surface area contributed by atoms with Crippen molar-refractivity contribution in [2.24, 2.45) is 0 Å². The Morgan fingerprint density at radius 3 is 2.73 bits per heavy atom. The van der Waals surface area contributed by atoms with Gasteiger partial charge in [0.05, 0.1) is 6.33 Å². The number of fused-ring (bicyclic) bond motifs is 1. The first kappa shape index (κ1) is 13.1. The third-order valence-electron chi connectivity index (χ3n) is 3.85. The van der Waals surface area contributed by atoms with E-state index in [1.54, 1.807) is 6.33 Å². The summed E-state index contributed by atoms with van der Waals surface area (Å²) in [5.74, 6) is 1.59. The van der Waals surface area contributed by atoms with Gasteiger partial charge in [-0.25, -0.2) is 9.97 Å².